The van der Waals surface area contributed by atoms with Crippen molar-refractivity contribution < 1.29 is 24.9 Å². The fourth-order valence-electron chi connectivity index (χ4n) is 2.12. The number of aromatic carboxylic acids is 1. The van der Waals surface area contributed by atoms with Gasteiger partial charge in [-0.15, -0.1) is 11.3 Å². The van der Waals surface area contributed by atoms with Crippen LogP contribution in [0.25, 0.3) is 0 Å². The van der Waals surface area contributed by atoms with E-state index in [9.17, 15) is 20.1 Å². The molecule has 0 aliphatic heterocycles. The van der Waals surface area contributed by atoms with Crippen molar-refractivity contribution in [2.75, 3.05) is 0 Å². The fourth-order valence-corrected chi connectivity index (χ4v) is 3.66. The molecule has 0 radical (unpaired) electrons. The monoisotopic (exact) mass is 424 g/mol. The van der Waals surface area contributed by atoms with Crippen LogP contribution in [0.2, 0.25) is 0 Å². The van der Waals surface area contributed by atoms with Crippen molar-refractivity contribution in [1.82, 2.24) is 5.32 Å². The molecule has 7 nitrogen and oxygen atoms in total. The van der Waals surface area contributed by atoms with Crippen molar-refractivity contribution in [3.63, 3.8) is 0 Å². The van der Waals surface area contributed by atoms with Gasteiger partial charge in [-0.1, -0.05) is 0 Å². The number of hydrogen-bond acceptors (Lipinski definition) is 7. The lowest BCUT2D eigenvalue weighted by atomic mass is 10.1. The van der Waals surface area contributed by atoms with Gasteiger partial charge >= 0.3 is 5.97 Å². The predicted molar refractivity (Wildman–Crippen MR) is 95.9 cm³/mol. The number of hydrogen-bond donors (Lipinski definition) is 5. The van der Waals surface area contributed by atoms with E-state index in [1.807, 2.05) is 20.8 Å². The summed E-state index contributed by atoms with van der Waals surface area (Å²) in [6, 6.07) is -0.503. The van der Waals surface area contributed by atoms with Gasteiger partial charge in [-0.2, -0.15) is 0 Å². The normalized spacial score (nSPS) is 16.0. The number of aliphatic hydroxyl groups excluding tert-OH is 2. The van der Waals surface area contributed by atoms with Crippen LogP contribution in [0.1, 0.15) is 48.8 Å². The molecule has 0 aromatic carbocycles. The van der Waals surface area contributed by atoms with Crippen LogP contribution in [0.5, 0.6) is 0 Å². The van der Waals surface area contributed by atoms with Crippen LogP contribution < -0.4 is 11.1 Å². The first-order valence-electron chi connectivity index (χ1n) is 7.53. The molecule has 3 atom stereocenters. The van der Waals surface area contributed by atoms with Gasteiger partial charge in [0.2, 0.25) is 0 Å². The molecule has 0 aliphatic rings. The predicted octanol–water partition coefficient (Wildman–Crippen LogP) is 1.86. The molecule has 0 saturated heterocycles. The quantitative estimate of drug-likeness (QED) is 0.383. The van der Waals surface area contributed by atoms with Gasteiger partial charge in [0, 0.05) is 28.0 Å². The standard InChI is InChI=1S/C15H25BrN2O5S/c1-15(2,3)23-11(19)5-4-10(13(17)20)18-6-8-9(16)7-24-12(8)14(21)22/h7,10-11,13,18-20H,4-6,17H2,1-3H3,(H,21,22)/t10-,11-,13-/m0/s1. The molecule has 1 heterocycles. The molecule has 9 heteroatoms. The van der Waals surface area contributed by atoms with Crippen molar-refractivity contribution in [1.29, 1.82) is 0 Å². The van der Waals surface area contributed by atoms with Gasteiger partial charge in [0.15, 0.2) is 6.29 Å². The Hall–Kier alpha value is -0.550. The molecule has 138 valence electrons. The van der Waals surface area contributed by atoms with Crippen molar-refractivity contribution in [2.45, 2.75) is 64.3 Å². The summed E-state index contributed by atoms with van der Waals surface area (Å²) >= 11 is 4.45. The van der Waals surface area contributed by atoms with Gasteiger partial charge < -0.3 is 31.1 Å². The topological polar surface area (TPSA) is 125 Å². The molecule has 1 rings (SSSR count). The summed E-state index contributed by atoms with van der Waals surface area (Å²) in [7, 11) is 0. The third-order valence-electron chi connectivity index (χ3n) is 3.20. The van der Waals surface area contributed by atoms with Crippen LogP contribution in [-0.2, 0) is 11.3 Å². The molecule has 0 spiro atoms. The molecule has 6 N–H and O–H groups in total. The lowest BCUT2D eigenvalue weighted by molar-refractivity contribution is -0.169. The first-order chi connectivity index (χ1) is 11.0. The molecule has 0 unspecified atom stereocenters. The second kappa shape index (κ2) is 9.23. The van der Waals surface area contributed by atoms with Gasteiger partial charge in [0.05, 0.1) is 5.60 Å². The van der Waals surface area contributed by atoms with E-state index in [0.717, 1.165) is 11.3 Å². The van der Waals surface area contributed by atoms with Crippen LogP contribution >= 0.6 is 27.3 Å². The number of carboxylic acids is 1. The maximum atomic E-state index is 11.2. The average Bonchev–Trinajstić information content (AvgIpc) is 2.77. The van der Waals surface area contributed by atoms with E-state index in [4.69, 9.17) is 10.5 Å². The number of thiophene rings is 1. The molecule has 0 bridgehead atoms. The van der Waals surface area contributed by atoms with Crippen LogP contribution in [-0.4, -0.2) is 45.4 Å². The van der Waals surface area contributed by atoms with Crippen LogP contribution in [0.3, 0.4) is 0 Å². The summed E-state index contributed by atoms with van der Waals surface area (Å²) in [6.07, 6.45) is -1.44. The van der Waals surface area contributed by atoms with E-state index in [0.29, 0.717) is 22.9 Å². The van der Waals surface area contributed by atoms with E-state index in [-0.39, 0.29) is 11.4 Å². The Morgan fingerprint density at radius 3 is 2.54 bits per heavy atom. The molecule has 0 saturated carbocycles. The van der Waals surface area contributed by atoms with E-state index in [1.54, 1.807) is 5.38 Å². The average molecular weight is 425 g/mol. The Labute approximate surface area is 154 Å². The second-order valence-corrected chi connectivity index (χ2v) is 8.17. The minimum Gasteiger partial charge on any atom is -0.477 e. The SMILES string of the molecule is CC(C)(C)O[C@H](O)CC[C@H](NCc1c(Br)csc1C(=O)O)[C@@H](N)O. The first kappa shape index (κ1) is 21.5. The van der Waals surface area contributed by atoms with Crippen molar-refractivity contribution in [2.24, 2.45) is 5.73 Å². The zero-order chi connectivity index (χ0) is 18.5. The molecule has 0 fully saturated rings. The van der Waals surface area contributed by atoms with Crippen LogP contribution in [0.15, 0.2) is 9.85 Å². The second-order valence-electron chi connectivity index (χ2n) is 6.44. The van der Waals surface area contributed by atoms with E-state index < -0.39 is 30.1 Å². The fraction of sp³-hybridized carbons (Fsp3) is 0.667. The molecule has 1 aromatic rings. The molecule has 0 aliphatic carbocycles. The highest BCUT2D eigenvalue weighted by Gasteiger charge is 2.22. The van der Waals surface area contributed by atoms with Gasteiger partial charge in [-0.3, -0.25) is 0 Å². The minimum atomic E-state index is -1.14. The van der Waals surface area contributed by atoms with Crippen LogP contribution in [0, 0.1) is 0 Å². The number of nitrogens with one attached hydrogen (secondary N) is 1. The highest BCUT2D eigenvalue weighted by molar-refractivity contribution is 9.10. The zero-order valence-electron chi connectivity index (χ0n) is 14.0. The molecule has 24 heavy (non-hydrogen) atoms. The summed E-state index contributed by atoms with van der Waals surface area (Å²) < 4.78 is 6.10. The Kier molecular flexibility index (Phi) is 8.27. The number of nitrogens with two attached hydrogens (primary N) is 1. The third kappa shape index (κ3) is 7.14. The number of ether oxygens (including phenoxy) is 1. The lowest BCUT2D eigenvalue weighted by Gasteiger charge is -2.26. The summed E-state index contributed by atoms with van der Waals surface area (Å²) in [5.41, 5.74) is 5.70. The van der Waals surface area contributed by atoms with Gasteiger partial charge in [-0.25, -0.2) is 4.79 Å². The van der Waals surface area contributed by atoms with E-state index in [2.05, 4.69) is 21.2 Å². The highest BCUT2D eigenvalue weighted by Crippen LogP contribution is 2.27. The number of carbonyl (C=O) groups is 1. The number of carboxylic acid groups (broad SMARTS) is 1. The molecule has 0 amide bonds. The smallest absolute Gasteiger partial charge is 0.346 e. The molecule has 1 aromatic heterocycles. The summed E-state index contributed by atoms with van der Waals surface area (Å²) in [4.78, 5) is 11.4. The van der Waals surface area contributed by atoms with E-state index in [1.165, 1.54) is 0 Å². The Morgan fingerprint density at radius 2 is 2.04 bits per heavy atom. The Bertz CT molecular complexity index is 544. The van der Waals surface area contributed by atoms with Gasteiger partial charge in [0.25, 0.3) is 0 Å². The molecular formula is C15H25BrN2O5S. The number of rotatable bonds is 9. The van der Waals surface area contributed by atoms with Crippen LogP contribution in [0.4, 0.5) is 0 Å². The Balaban J connectivity index is 2.62. The largest absolute Gasteiger partial charge is 0.477 e. The Morgan fingerprint density at radius 1 is 1.42 bits per heavy atom. The summed E-state index contributed by atoms with van der Waals surface area (Å²) in [5.74, 6) is -0.999. The zero-order valence-corrected chi connectivity index (χ0v) is 16.4. The third-order valence-corrected chi connectivity index (χ3v) is 5.23. The van der Waals surface area contributed by atoms with Crippen molar-refractivity contribution in [3.05, 3.63) is 20.3 Å². The lowest BCUT2D eigenvalue weighted by Crippen LogP contribution is -2.45. The summed E-state index contributed by atoms with van der Waals surface area (Å²) in [5, 5.41) is 33.5. The van der Waals surface area contributed by atoms with Crippen molar-refractivity contribution in [3.8, 4) is 0 Å². The molecular weight excluding hydrogens is 400 g/mol. The van der Waals surface area contributed by atoms with E-state index >= 15 is 0 Å². The summed E-state index contributed by atoms with van der Waals surface area (Å²) in [6.45, 7) is 5.75. The minimum absolute atomic E-state index is 0.232. The number of aliphatic hydroxyl groups is 2. The van der Waals surface area contributed by atoms with Gasteiger partial charge in [-0.05, 0) is 49.5 Å². The first-order valence-corrected chi connectivity index (χ1v) is 9.20. The van der Waals surface area contributed by atoms with Crippen molar-refractivity contribution >= 4 is 33.2 Å². The number of halogens is 1. The highest BCUT2D eigenvalue weighted by atomic mass is 79.9. The van der Waals surface area contributed by atoms with Gasteiger partial charge in [0.1, 0.15) is 11.1 Å². The maximum absolute atomic E-state index is 11.2. The maximum Gasteiger partial charge on any atom is 0.346 e.